The fraction of sp³-hybridized carbons (Fsp3) is 0.0667. The molecule has 0 aliphatic heterocycles. The Morgan fingerprint density at radius 2 is 2.14 bits per heavy atom. The number of carbonyl (C=O) groups is 1. The molecule has 0 atom stereocenters. The van der Waals surface area contributed by atoms with Gasteiger partial charge in [0, 0.05) is 4.47 Å². The van der Waals surface area contributed by atoms with Gasteiger partial charge in [0.05, 0.1) is 18.2 Å². The van der Waals surface area contributed by atoms with E-state index in [0.717, 1.165) is 0 Å². The van der Waals surface area contributed by atoms with E-state index in [2.05, 4.69) is 21.2 Å². The summed E-state index contributed by atoms with van der Waals surface area (Å²) in [6.45, 7) is 0. The second-order valence-electron chi connectivity index (χ2n) is 4.07. The Hall–Kier alpha value is -2.39. The maximum Gasteiger partial charge on any atom is 0.258 e. The van der Waals surface area contributed by atoms with Crippen LogP contribution in [0.5, 0.6) is 5.75 Å². The summed E-state index contributed by atoms with van der Waals surface area (Å²) in [5, 5.41) is 11.6. The van der Waals surface area contributed by atoms with Gasteiger partial charge in [-0.05, 0) is 30.3 Å². The first kappa shape index (κ1) is 15.0. The second-order valence-corrected chi connectivity index (χ2v) is 4.99. The van der Waals surface area contributed by atoms with Crippen LogP contribution in [0.1, 0.15) is 15.9 Å². The maximum absolute atomic E-state index is 13.7. The zero-order valence-corrected chi connectivity index (χ0v) is 12.6. The molecule has 2 aromatic rings. The Balaban J connectivity index is 2.41. The minimum atomic E-state index is -0.658. The van der Waals surface area contributed by atoms with Crippen molar-refractivity contribution >= 4 is 27.5 Å². The molecule has 1 amide bonds. The zero-order valence-electron chi connectivity index (χ0n) is 11.0. The lowest BCUT2D eigenvalue weighted by Crippen LogP contribution is -2.15. The van der Waals surface area contributed by atoms with E-state index in [9.17, 15) is 9.18 Å². The monoisotopic (exact) mass is 348 g/mol. The van der Waals surface area contributed by atoms with Crippen molar-refractivity contribution in [3.8, 4) is 11.8 Å². The summed E-state index contributed by atoms with van der Waals surface area (Å²) in [7, 11) is 1.42. The molecule has 21 heavy (non-hydrogen) atoms. The first-order chi connectivity index (χ1) is 10.1. The molecule has 0 unspecified atom stereocenters. The third-order valence-electron chi connectivity index (χ3n) is 2.78. The van der Waals surface area contributed by atoms with Crippen molar-refractivity contribution in [3.63, 3.8) is 0 Å². The molecule has 0 bridgehead atoms. The number of methoxy groups -OCH3 is 1. The van der Waals surface area contributed by atoms with E-state index >= 15 is 0 Å². The molecule has 0 saturated heterocycles. The lowest BCUT2D eigenvalue weighted by molar-refractivity contribution is 0.102. The minimum Gasteiger partial charge on any atom is -0.495 e. The number of ether oxygens (including phenoxy) is 1. The van der Waals surface area contributed by atoms with Gasteiger partial charge in [-0.3, -0.25) is 4.79 Å². The lowest BCUT2D eigenvalue weighted by atomic mass is 10.1. The smallest absolute Gasteiger partial charge is 0.258 e. The van der Waals surface area contributed by atoms with Gasteiger partial charge in [0.25, 0.3) is 5.91 Å². The quantitative estimate of drug-likeness (QED) is 0.919. The number of hydrogen-bond donors (Lipinski definition) is 1. The number of anilines is 1. The molecule has 2 rings (SSSR count). The summed E-state index contributed by atoms with van der Waals surface area (Å²) >= 11 is 3.18. The summed E-state index contributed by atoms with van der Waals surface area (Å²) in [5.41, 5.74) is 0.323. The third-order valence-corrected chi connectivity index (χ3v) is 3.27. The highest BCUT2D eigenvalue weighted by Gasteiger charge is 2.16. The predicted octanol–water partition coefficient (Wildman–Crippen LogP) is 3.72. The number of hydrogen-bond acceptors (Lipinski definition) is 3. The summed E-state index contributed by atoms with van der Waals surface area (Å²) < 4.78 is 19.4. The SMILES string of the molecule is COc1cccc(C#N)c1NC(=O)c1cc(Br)ccc1F. The lowest BCUT2D eigenvalue weighted by Gasteiger charge is -2.12. The minimum absolute atomic E-state index is 0.126. The average Bonchev–Trinajstić information content (AvgIpc) is 2.49. The van der Waals surface area contributed by atoms with Crippen molar-refractivity contribution in [1.29, 1.82) is 5.26 Å². The molecular formula is C15H10BrFN2O2. The molecule has 0 fully saturated rings. The van der Waals surface area contributed by atoms with Gasteiger partial charge in [0.15, 0.2) is 0 Å². The molecule has 0 aliphatic carbocycles. The molecule has 0 aliphatic rings. The van der Waals surface area contributed by atoms with E-state index in [1.165, 1.54) is 31.4 Å². The van der Waals surface area contributed by atoms with Crippen LogP contribution in [0, 0.1) is 17.1 Å². The number of nitrogens with zero attached hydrogens (tertiary/aromatic N) is 1. The number of rotatable bonds is 3. The Kier molecular flexibility index (Phi) is 4.55. The molecule has 0 saturated carbocycles. The largest absolute Gasteiger partial charge is 0.495 e. The molecule has 0 aromatic heterocycles. The summed E-state index contributed by atoms with van der Waals surface area (Å²) in [6, 6.07) is 10.8. The number of halogens is 2. The normalized spacial score (nSPS) is 9.81. The molecule has 2 aromatic carbocycles. The standard InChI is InChI=1S/C15H10BrFN2O2/c1-21-13-4-2-3-9(8-18)14(13)19-15(20)11-7-10(16)5-6-12(11)17/h2-7H,1H3,(H,19,20). The van der Waals surface area contributed by atoms with Gasteiger partial charge >= 0.3 is 0 Å². The average molecular weight is 349 g/mol. The van der Waals surface area contributed by atoms with E-state index in [-0.39, 0.29) is 16.8 Å². The van der Waals surface area contributed by atoms with Crippen molar-refractivity contribution in [2.75, 3.05) is 12.4 Å². The molecule has 0 radical (unpaired) electrons. The van der Waals surface area contributed by atoms with Gasteiger partial charge in [0.1, 0.15) is 23.3 Å². The predicted molar refractivity (Wildman–Crippen MR) is 79.8 cm³/mol. The van der Waals surface area contributed by atoms with Crippen LogP contribution in [0.3, 0.4) is 0 Å². The van der Waals surface area contributed by atoms with E-state index in [4.69, 9.17) is 10.00 Å². The third kappa shape index (κ3) is 3.20. The zero-order chi connectivity index (χ0) is 15.4. The number of carbonyl (C=O) groups excluding carboxylic acids is 1. The van der Waals surface area contributed by atoms with Crippen LogP contribution in [-0.2, 0) is 0 Å². The Morgan fingerprint density at radius 1 is 1.38 bits per heavy atom. The highest BCUT2D eigenvalue weighted by atomic mass is 79.9. The van der Waals surface area contributed by atoms with Crippen LogP contribution in [-0.4, -0.2) is 13.0 Å². The van der Waals surface area contributed by atoms with Crippen LogP contribution in [0.15, 0.2) is 40.9 Å². The highest BCUT2D eigenvalue weighted by Crippen LogP contribution is 2.28. The number of amides is 1. The first-order valence-corrected chi connectivity index (χ1v) is 6.69. The Labute approximate surface area is 129 Å². The van der Waals surface area contributed by atoms with Crippen LogP contribution in [0.2, 0.25) is 0 Å². The highest BCUT2D eigenvalue weighted by molar-refractivity contribution is 9.10. The summed E-state index contributed by atoms with van der Waals surface area (Å²) in [4.78, 5) is 12.2. The molecule has 0 spiro atoms. The fourth-order valence-corrected chi connectivity index (χ4v) is 2.14. The molecule has 1 N–H and O–H groups in total. The molecule has 6 heteroatoms. The van der Waals surface area contributed by atoms with E-state index in [1.54, 1.807) is 12.1 Å². The van der Waals surface area contributed by atoms with Crippen molar-refractivity contribution in [3.05, 3.63) is 57.8 Å². The van der Waals surface area contributed by atoms with Gasteiger partial charge in [-0.1, -0.05) is 22.0 Å². The Morgan fingerprint density at radius 3 is 2.81 bits per heavy atom. The maximum atomic E-state index is 13.7. The Bertz CT molecular complexity index is 741. The van der Waals surface area contributed by atoms with Crippen LogP contribution >= 0.6 is 15.9 Å². The number of benzene rings is 2. The molecular weight excluding hydrogens is 339 g/mol. The number of nitriles is 1. The fourth-order valence-electron chi connectivity index (χ4n) is 1.78. The van der Waals surface area contributed by atoms with E-state index < -0.39 is 11.7 Å². The molecule has 0 heterocycles. The van der Waals surface area contributed by atoms with Crippen molar-refractivity contribution in [2.45, 2.75) is 0 Å². The molecule has 106 valence electrons. The van der Waals surface area contributed by atoms with Gasteiger partial charge in [-0.25, -0.2) is 4.39 Å². The van der Waals surface area contributed by atoms with Crippen molar-refractivity contribution in [2.24, 2.45) is 0 Å². The van der Waals surface area contributed by atoms with Crippen molar-refractivity contribution < 1.29 is 13.9 Å². The van der Waals surface area contributed by atoms with Crippen molar-refractivity contribution in [1.82, 2.24) is 0 Å². The number of para-hydroxylation sites is 1. The van der Waals surface area contributed by atoms with Gasteiger partial charge in [-0.2, -0.15) is 5.26 Å². The summed E-state index contributed by atoms with van der Waals surface area (Å²) in [6.07, 6.45) is 0. The van der Waals surface area contributed by atoms with Gasteiger partial charge in [0.2, 0.25) is 0 Å². The van der Waals surface area contributed by atoms with E-state index in [0.29, 0.717) is 10.2 Å². The van der Waals surface area contributed by atoms with Gasteiger partial charge < -0.3 is 10.1 Å². The van der Waals surface area contributed by atoms with Gasteiger partial charge in [-0.15, -0.1) is 0 Å². The first-order valence-electron chi connectivity index (χ1n) is 5.90. The van der Waals surface area contributed by atoms with Crippen LogP contribution in [0.25, 0.3) is 0 Å². The molecule has 4 nitrogen and oxygen atoms in total. The van der Waals surface area contributed by atoms with Crippen LogP contribution in [0.4, 0.5) is 10.1 Å². The second kappa shape index (κ2) is 6.37. The van der Waals surface area contributed by atoms with Crippen LogP contribution < -0.4 is 10.1 Å². The number of nitrogens with one attached hydrogen (secondary N) is 1. The topological polar surface area (TPSA) is 62.1 Å². The van der Waals surface area contributed by atoms with E-state index in [1.807, 2.05) is 6.07 Å². The summed E-state index contributed by atoms with van der Waals surface area (Å²) in [5.74, 6) is -0.975.